The van der Waals surface area contributed by atoms with Gasteiger partial charge in [-0.2, -0.15) is 0 Å². The number of carbonyl (C=O) groups is 1. The molecule has 0 saturated heterocycles. The van der Waals surface area contributed by atoms with E-state index in [1.165, 1.54) is 35.5 Å². The number of aryl methyl sites for hydroxylation is 2. The molecule has 0 saturated carbocycles. The lowest BCUT2D eigenvalue weighted by molar-refractivity contribution is -0.116. The van der Waals surface area contributed by atoms with Crippen molar-refractivity contribution in [1.82, 2.24) is 9.97 Å². The third-order valence-electron chi connectivity index (χ3n) is 5.16. The topological polar surface area (TPSA) is 89.5 Å². The van der Waals surface area contributed by atoms with Gasteiger partial charge in [-0.05, 0) is 73.0 Å². The Kier molecular flexibility index (Phi) is 6.44. The molecule has 0 N–H and O–H groups in total. The monoisotopic (exact) mass is 481 g/mol. The summed E-state index contributed by atoms with van der Waals surface area (Å²) >= 11 is 1.38. The minimum Gasteiger partial charge on any atom is -0.497 e. The van der Waals surface area contributed by atoms with Gasteiger partial charge in [0.15, 0.2) is 15.0 Å². The number of benzene rings is 2. The van der Waals surface area contributed by atoms with Gasteiger partial charge in [-0.25, -0.2) is 13.4 Å². The molecular formula is C24H23N3O4S2. The Morgan fingerprint density at radius 1 is 1.06 bits per heavy atom. The second kappa shape index (κ2) is 9.29. The number of pyridine rings is 1. The fourth-order valence-corrected chi connectivity index (χ4v) is 5.75. The van der Waals surface area contributed by atoms with E-state index in [-0.39, 0.29) is 11.4 Å². The molecule has 0 radical (unpaired) electrons. The van der Waals surface area contributed by atoms with Crippen LogP contribution in [-0.4, -0.2) is 37.2 Å². The van der Waals surface area contributed by atoms with E-state index in [4.69, 9.17) is 4.74 Å². The molecule has 0 aliphatic heterocycles. The molecule has 4 rings (SSSR count). The van der Waals surface area contributed by atoms with Gasteiger partial charge in [0.1, 0.15) is 11.5 Å². The predicted octanol–water partition coefficient (Wildman–Crippen LogP) is 4.32. The van der Waals surface area contributed by atoms with Gasteiger partial charge in [-0.3, -0.25) is 14.7 Å². The standard InChI is InChI=1S/C24H23N3O4S2/c1-16-12-17(2)23-21(13-16)26-24(32-23)27(14-18-8-10-25-11-9-18)22(28)15-33(29,30)20-6-4-19(31-3)5-7-20/h4-13H,14-15H2,1-3H3. The molecule has 4 aromatic rings. The van der Waals surface area contributed by atoms with Gasteiger partial charge in [0.25, 0.3) is 0 Å². The average Bonchev–Trinajstić information content (AvgIpc) is 3.22. The van der Waals surface area contributed by atoms with E-state index in [0.717, 1.165) is 26.9 Å². The van der Waals surface area contributed by atoms with Gasteiger partial charge < -0.3 is 4.74 Å². The lowest BCUT2D eigenvalue weighted by atomic mass is 10.1. The summed E-state index contributed by atoms with van der Waals surface area (Å²) in [4.78, 5) is 23.6. The number of fused-ring (bicyclic) bond motifs is 1. The van der Waals surface area contributed by atoms with Crippen molar-refractivity contribution < 1.29 is 17.9 Å². The van der Waals surface area contributed by atoms with E-state index < -0.39 is 21.5 Å². The van der Waals surface area contributed by atoms with Gasteiger partial charge in [0.05, 0.1) is 28.8 Å². The number of amides is 1. The van der Waals surface area contributed by atoms with E-state index in [1.807, 2.05) is 19.9 Å². The van der Waals surface area contributed by atoms with Crippen molar-refractivity contribution in [3.63, 3.8) is 0 Å². The minimum absolute atomic E-state index is 0.0660. The first-order chi connectivity index (χ1) is 15.8. The number of hydrogen-bond donors (Lipinski definition) is 0. The molecule has 33 heavy (non-hydrogen) atoms. The Hall–Kier alpha value is -3.30. The summed E-state index contributed by atoms with van der Waals surface area (Å²) < 4.78 is 32.0. The normalized spacial score (nSPS) is 11.5. The first-order valence-electron chi connectivity index (χ1n) is 10.2. The molecular weight excluding hydrogens is 458 g/mol. The van der Waals surface area contributed by atoms with Gasteiger partial charge in [0, 0.05) is 12.4 Å². The second-order valence-electron chi connectivity index (χ2n) is 7.70. The minimum atomic E-state index is -3.86. The number of hydrogen-bond acceptors (Lipinski definition) is 7. The number of nitrogens with zero attached hydrogens (tertiary/aromatic N) is 3. The van der Waals surface area contributed by atoms with Crippen LogP contribution in [0.2, 0.25) is 0 Å². The Morgan fingerprint density at radius 3 is 2.42 bits per heavy atom. The number of thiazole rings is 1. The van der Waals surface area contributed by atoms with Crippen molar-refractivity contribution in [2.75, 3.05) is 17.8 Å². The van der Waals surface area contributed by atoms with Crippen molar-refractivity contribution in [3.8, 4) is 5.75 Å². The summed E-state index contributed by atoms with van der Waals surface area (Å²) in [6, 6.07) is 13.6. The number of carbonyl (C=O) groups excluding carboxylic acids is 1. The zero-order valence-electron chi connectivity index (χ0n) is 18.5. The zero-order valence-corrected chi connectivity index (χ0v) is 20.1. The van der Waals surface area contributed by atoms with Crippen molar-refractivity contribution in [2.24, 2.45) is 0 Å². The number of sulfone groups is 1. The van der Waals surface area contributed by atoms with Crippen LogP contribution in [0.1, 0.15) is 16.7 Å². The summed E-state index contributed by atoms with van der Waals surface area (Å²) in [7, 11) is -2.35. The Labute approximate surface area is 196 Å². The highest BCUT2D eigenvalue weighted by Crippen LogP contribution is 2.33. The molecule has 0 aliphatic carbocycles. The van der Waals surface area contributed by atoms with Crippen LogP contribution in [0.15, 0.2) is 65.8 Å². The molecule has 7 nitrogen and oxygen atoms in total. The van der Waals surface area contributed by atoms with Crippen molar-refractivity contribution in [2.45, 2.75) is 25.3 Å². The van der Waals surface area contributed by atoms with Crippen molar-refractivity contribution >= 4 is 42.4 Å². The fraction of sp³-hybridized carbons (Fsp3) is 0.208. The molecule has 0 fully saturated rings. The predicted molar refractivity (Wildman–Crippen MR) is 130 cm³/mol. The zero-order chi connectivity index (χ0) is 23.6. The molecule has 0 bridgehead atoms. The summed E-state index contributed by atoms with van der Waals surface area (Å²) in [5, 5.41) is 0.463. The second-order valence-corrected chi connectivity index (χ2v) is 10.7. The highest BCUT2D eigenvalue weighted by atomic mass is 32.2. The Morgan fingerprint density at radius 2 is 1.76 bits per heavy atom. The third kappa shape index (κ3) is 5.04. The van der Waals surface area contributed by atoms with Crippen molar-refractivity contribution in [1.29, 1.82) is 0 Å². The molecule has 2 aromatic carbocycles. The number of anilines is 1. The molecule has 2 aromatic heterocycles. The quantitative estimate of drug-likeness (QED) is 0.390. The number of aromatic nitrogens is 2. The third-order valence-corrected chi connectivity index (χ3v) is 8.01. The maximum atomic E-state index is 13.4. The fourth-order valence-electron chi connectivity index (χ4n) is 3.52. The van der Waals surface area contributed by atoms with E-state index in [2.05, 4.69) is 16.0 Å². The number of rotatable bonds is 7. The SMILES string of the molecule is COc1ccc(S(=O)(=O)CC(=O)N(Cc2ccncc2)c2nc3cc(C)cc(C)c3s2)cc1. The van der Waals surface area contributed by atoms with Crippen LogP contribution in [0, 0.1) is 13.8 Å². The lowest BCUT2D eigenvalue weighted by Crippen LogP contribution is -2.35. The first kappa shape index (κ1) is 22.9. The Balaban J connectivity index is 1.70. The smallest absolute Gasteiger partial charge is 0.244 e. The van der Waals surface area contributed by atoms with Crippen LogP contribution in [0.5, 0.6) is 5.75 Å². The van der Waals surface area contributed by atoms with Crippen LogP contribution >= 0.6 is 11.3 Å². The van der Waals surface area contributed by atoms with Crippen LogP contribution in [0.4, 0.5) is 5.13 Å². The molecule has 0 unspecified atom stereocenters. The molecule has 0 aliphatic rings. The highest BCUT2D eigenvalue weighted by molar-refractivity contribution is 7.92. The van der Waals surface area contributed by atoms with Crippen LogP contribution in [0.25, 0.3) is 10.2 Å². The molecule has 170 valence electrons. The molecule has 1 amide bonds. The van der Waals surface area contributed by atoms with Crippen LogP contribution < -0.4 is 9.64 Å². The maximum absolute atomic E-state index is 13.4. The van der Waals surface area contributed by atoms with Gasteiger partial charge in [-0.15, -0.1) is 0 Å². The Bertz CT molecular complexity index is 1400. The molecule has 0 atom stereocenters. The first-order valence-corrected chi connectivity index (χ1v) is 12.7. The molecule has 0 spiro atoms. The van der Waals surface area contributed by atoms with E-state index in [0.29, 0.717) is 10.9 Å². The van der Waals surface area contributed by atoms with Crippen LogP contribution in [0.3, 0.4) is 0 Å². The largest absolute Gasteiger partial charge is 0.497 e. The summed E-state index contributed by atoms with van der Waals surface area (Å²) in [5.41, 5.74) is 3.76. The number of ether oxygens (including phenoxy) is 1. The van der Waals surface area contributed by atoms with E-state index in [1.54, 1.807) is 36.7 Å². The lowest BCUT2D eigenvalue weighted by Gasteiger charge is -2.20. The molecule has 2 heterocycles. The molecule has 9 heteroatoms. The van der Waals surface area contributed by atoms with E-state index >= 15 is 0 Å². The van der Waals surface area contributed by atoms with Gasteiger partial charge >= 0.3 is 0 Å². The van der Waals surface area contributed by atoms with E-state index in [9.17, 15) is 13.2 Å². The van der Waals surface area contributed by atoms with Crippen LogP contribution in [-0.2, 0) is 21.2 Å². The summed E-state index contributed by atoms with van der Waals surface area (Å²) in [5.74, 6) is -0.672. The van der Waals surface area contributed by atoms with Gasteiger partial charge in [-0.1, -0.05) is 17.4 Å². The average molecular weight is 482 g/mol. The number of methoxy groups -OCH3 is 1. The van der Waals surface area contributed by atoms with Crippen molar-refractivity contribution in [3.05, 3.63) is 77.6 Å². The summed E-state index contributed by atoms with van der Waals surface area (Å²) in [6.07, 6.45) is 3.27. The maximum Gasteiger partial charge on any atom is 0.244 e. The highest BCUT2D eigenvalue weighted by Gasteiger charge is 2.27. The summed E-state index contributed by atoms with van der Waals surface area (Å²) in [6.45, 7) is 4.19. The van der Waals surface area contributed by atoms with Gasteiger partial charge in [0.2, 0.25) is 5.91 Å².